The number of nitrogens with zero attached hydrogens (tertiary/aromatic N) is 5. The minimum absolute atomic E-state index is 0.0438. The normalized spacial score (nSPS) is 11.3. The third-order valence-electron chi connectivity index (χ3n) is 4.85. The van der Waals surface area contributed by atoms with Crippen molar-refractivity contribution in [1.29, 1.82) is 0 Å². The van der Waals surface area contributed by atoms with Crippen LogP contribution in [0.25, 0.3) is 11.0 Å². The van der Waals surface area contributed by atoms with Crippen LogP contribution in [0.1, 0.15) is 36.6 Å². The zero-order chi connectivity index (χ0) is 22.9. The molecule has 0 fully saturated rings. The number of fused-ring (bicyclic) bond motifs is 1. The van der Waals surface area contributed by atoms with Gasteiger partial charge >= 0.3 is 5.97 Å². The van der Waals surface area contributed by atoms with E-state index in [4.69, 9.17) is 23.2 Å². The quantitative estimate of drug-likeness (QED) is 0.506. The average molecular weight is 464 g/mol. The summed E-state index contributed by atoms with van der Waals surface area (Å²) in [6, 6.07) is 4.97. The standard InChI is InChI=1S/C21H23Cl2N5O3/c1-11(2)15-8-18(25-21-20(15)12(3)26-27(21)4)28(10-19(30)31)9-14(29)5-13-6-16(22)24-17(23)7-13/h6-8,11H,5,9-10H2,1-4H3,(H,30,31). The first-order chi connectivity index (χ1) is 14.5. The minimum atomic E-state index is -1.06. The van der Waals surface area contributed by atoms with Crippen LogP contribution in [0.5, 0.6) is 0 Å². The topological polar surface area (TPSA) is 101 Å². The molecule has 0 unspecified atom stereocenters. The van der Waals surface area contributed by atoms with E-state index in [1.54, 1.807) is 23.9 Å². The molecular formula is C21H23Cl2N5O3. The summed E-state index contributed by atoms with van der Waals surface area (Å²) in [7, 11) is 1.79. The van der Waals surface area contributed by atoms with Gasteiger partial charge in [-0.1, -0.05) is 37.0 Å². The number of pyridine rings is 2. The fourth-order valence-corrected chi connectivity index (χ4v) is 4.08. The van der Waals surface area contributed by atoms with E-state index in [-0.39, 0.29) is 41.5 Å². The molecule has 3 heterocycles. The first-order valence-corrected chi connectivity index (χ1v) is 10.5. The lowest BCUT2D eigenvalue weighted by Gasteiger charge is -2.23. The predicted molar refractivity (Wildman–Crippen MR) is 120 cm³/mol. The number of carbonyl (C=O) groups excluding carboxylic acids is 1. The van der Waals surface area contributed by atoms with Crippen molar-refractivity contribution in [3.05, 3.63) is 45.3 Å². The number of hydrogen-bond acceptors (Lipinski definition) is 6. The maximum Gasteiger partial charge on any atom is 0.323 e. The first-order valence-electron chi connectivity index (χ1n) is 9.69. The number of hydrogen-bond donors (Lipinski definition) is 1. The average Bonchev–Trinajstić information content (AvgIpc) is 2.93. The Labute approximate surface area is 189 Å². The highest BCUT2D eigenvalue weighted by atomic mass is 35.5. The molecule has 8 nitrogen and oxygen atoms in total. The van der Waals surface area contributed by atoms with E-state index in [9.17, 15) is 14.7 Å². The van der Waals surface area contributed by atoms with Gasteiger partial charge in [-0.2, -0.15) is 5.10 Å². The van der Waals surface area contributed by atoms with Crippen LogP contribution in [0.4, 0.5) is 5.82 Å². The number of carbonyl (C=O) groups is 2. The third kappa shape index (κ3) is 5.32. The zero-order valence-electron chi connectivity index (χ0n) is 17.7. The predicted octanol–water partition coefficient (Wildman–Crippen LogP) is 3.80. The second kappa shape index (κ2) is 9.20. The lowest BCUT2D eigenvalue weighted by atomic mass is 9.99. The molecule has 0 saturated heterocycles. The van der Waals surface area contributed by atoms with E-state index in [0.717, 1.165) is 16.6 Å². The SMILES string of the molecule is Cc1nn(C)c2nc(N(CC(=O)O)CC(=O)Cc3cc(Cl)nc(Cl)c3)cc(C(C)C)c12. The molecule has 1 N–H and O–H groups in total. The molecule has 0 aromatic carbocycles. The van der Waals surface area contributed by atoms with Gasteiger partial charge in [0.2, 0.25) is 0 Å². The number of aliphatic carboxylic acids is 1. The van der Waals surface area contributed by atoms with Gasteiger partial charge in [0.05, 0.1) is 12.2 Å². The number of rotatable bonds is 8. The van der Waals surface area contributed by atoms with Crippen molar-refractivity contribution in [3.63, 3.8) is 0 Å². The van der Waals surface area contributed by atoms with Crippen molar-refractivity contribution in [2.24, 2.45) is 7.05 Å². The van der Waals surface area contributed by atoms with Gasteiger partial charge in [-0.3, -0.25) is 14.3 Å². The fourth-order valence-electron chi connectivity index (χ4n) is 3.58. The molecule has 0 saturated carbocycles. The molecule has 3 rings (SSSR count). The van der Waals surface area contributed by atoms with Gasteiger partial charge in [-0.05, 0) is 42.2 Å². The van der Waals surface area contributed by atoms with Gasteiger partial charge in [0.1, 0.15) is 22.7 Å². The van der Waals surface area contributed by atoms with Crippen LogP contribution in [-0.2, 0) is 23.1 Å². The molecule has 10 heteroatoms. The summed E-state index contributed by atoms with van der Waals surface area (Å²) in [5.41, 5.74) is 3.11. The number of ketones is 1. The molecule has 0 aliphatic heterocycles. The Morgan fingerprint density at radius 2 is 1.77 bits per heavy atom. The van der Waals surface area contributed by atoms with Crippen molar-refractivity contribution >= 4 is 51.8 Å². The summed E-state index contributed by atoms with van der Waals surface area (Å²) in [6.07, 6.45) is 0.0438. The van der Waals surface area contributed by atoms with Crippen LogP contribution in [0, 0.1) is 6.92 Å². The molecule has 0 bridgehead atoms. The van der Waals surface area contributed by atoms with E-state index >= 15 is 0 Å². The molecule has 0 spiro atoms. The summed E-state index contributed by atoms with van der Waals surface area (Å²) in [4.78, 5) is 34.3. The fraction of sp³-hybridized carbons (Fsp3) is 0.381. The van der Waals surface area contributed by atoms with Crippen molar-refractivity contribution in [2.75, 3.05) is 18.0 Å². The molecule has 0 aliphatic rings. The molecule has 164 valence electrons. The zero-order valence-corrected chi connectivity index (χ0v) is 19.2. The van der Waals surface area contributed by atoms with E-state index in [1.165, 1.54) is 4.90 Å². The number of carboxylic acid groups (broad SMARTS) is 1. The Kier molecular flexibility index (Phi) is 6.81. The van der Waals surface area contributed by atoms with E-state index in [1.807, 2.05) is 13.0 Å². The number of anilines is 1. The largest absolute Gasteiger partial charge is 0.480 e. The summed E-state index contributed by atoms with van der Waals surface area (Å²) in [5.74, 6) is -0.679. The summed E-state index contributed by atoms with van der Waals surface area (Å²) < 4.78 is 1.67. The van der Waals surface area contributed by atoms with Gasteiger partial charge in [-0.25, -0.2) is 9.97 Å². The summed E-state index contributed by atoms with van der Waals surface area (Å²) in [5, 5.41) is 15.2. The van der Waals surface area contributed by atoms with Crippen molar-refractivity contribution in [2.45, 2.75) is 33.1 Å². The van der Waals surface area contributed by atoms with Crippen LogP contribution in [0.2, 0.25) is 10.3 Å². The van der Waals surface area contributed by atoms with E-state index < -0.39 is 5.97 Å². The number of carboxylic acids is 1. The Morgan fingerprint density at radius 3 is 2.35 bits per heavy atom. The van der Waals surface area contributed by atoms with Crippen LogP contribution < -0.4 is 4.90 Å². The first kappa shape index (κ1) is 23.0. The van der Waals surface area contributed by atoms with Gasteiger partial charge in [0.15, 0.2) is 11.4 Å². The monoisotopic (exact) mass is 463 g/mol. The Balaban J connectivity index is 1.97. The molecule has 0 amide bonds. The molecule has 0 aliphatic carbocycles. The van der Waals surface area contributed by atoms with E-state index in [2.05, 4.69) is 28.9 Å². The van der Waals surface area contributed by atoms with Gasteiger partial charge in [0.25, 0.3) is 0 Å². The second-order valence-electron chi connectivity index (χ2n) is 7.72. The molecule has 0 radical (unpaired) electrons. The van der Waals surface area contributed by atoms with Crippen molar-refractivity contribution < 1.29 is 14.7 Å². The Bertz CT molecular complexity index is 1140. The maximum atomic E-state index is 12.8. The van der Waals surface area contributed by atoms with Crippen molar-refractivity contribution in [3.8, 4) is 0 Å². The summed E-state index contributed by atoms with van der Waals surface area (Å²) in [6.45, 7) is 5.52. The molecule has 0 atom stereocenters. The van der Waals surface area contributed by atoms with Gasteiger partial charge in [0, 0.05) is 18.9 Å². The Hall–Kier alpha value is -2.71. The highest BCUT2D eigenvalue weighted by Gasteiger charge is 2.21. The second-order valence-corrected chi connectivity index (χ2v) is 8.49. The molecule has 31 heavy (non-hydrogen) atoms. The highest BCUT2D eigenvalue weighted by Crippen LogP contribution is 2.30. The minimum Gasteiger partial charge on any atom is -0.480 e. The molecule has 3 aromatic rings. The third-order valence-corrected chi connectivity index (χ3v) is 5.24. The van der Waals surface area contributed by atoms with Crippen LogP contribution in [0.15, 0.2) is 18.2 Å². The van der Waals surface area contributed by atoms with Gasteiger partial charge < -0.3 is 10.0 Å². The van der Waals surface area contributed by atoms with Crippen LogP contribution >= 0.6 is 23.2 Å². The maximum absolute atomic E-state index is 12.8. The number of halogens is 2. The Morgan fingerprint density at radius 1 is 1.13 bits per heavy atom. The molecular weight excluding hydrogens is 441 g/mol. The lowest BCUT2D eigenvalue weighted by Crippen LogP contribution is -2.36. The van der Waals surface area contributed by atoms with Crippen LogP contribution in [-0.4, -0.2) is 49.7 Å². The van der Waals surface area contributed by atoms with Crippen LogP contribution in [0.3, 0.4) is 0 Å². The lowest BCUT2D eigenvalue weighted by molar-refractivity contribution is -0.135. The smallest absolute Gasteiger partial charge is 0.323 e. The molecule has 3 aromatic heterocycles. The number of aromatic nitrogens is 4. The summed E-state index contributed by atoms with van der Waals surface area (Å²) >= 11 is 11.8. The van der Waals surface area contributed by atoms with E-state index in [0.29, 0.717) is 17.0 Å². The number of Topliss-reactive ketones (excluding diaryl/α,β-unsaturated/α-hetero) is 1. The highest BCUT2D eigenvalue weighted by molar-refractivity contribution is 6.32. The van der Waals surface area contributed by atoms with Crippen molar-refractivity contribution in [1.82, 2.24) is 19.7 Å². The number of aryl methyl sites for hydroxylation is 2. The van der Waals surface area contributed by atoms with Gasteiger partial charge in [-0.15, -0.1) is 0 Å².